The number of para-hydroxylation sites is 1. The van der Waals surface area contributed by atoms with Crippen molar-refractivity contribution in [2.75, 3.05) is 6.54 Å². The number of benzene rings is 1. The molecule has 1 aromatic carbocycles. The first-order valence-electron chi connectivity index (χ1n) is 33.2. The normalized spacial score (nSPS) is 14.3. The van der Waals surface area contributed by atoms with Crippen molar-refractivity contribution in [2.24, 2.45) is 45.7 Å². The van der Waals surface area contributed by atoms with Crippen molar-refractivity contribution in [1.82, 2.24) is 58.2 Å². The van der Waals surface area contributed by atoms with Gasteiger partial charge in [0.2, 0.25) is 65.0 Å². The summed E-state index contributed by atoms with van der Waals surface area (Å²) < 4.78 is 0. The van der Waals surface area contributed by atoms with E-state index in [1.807, 2.05) is 0 Å². The molecule has 0 bridgehead atoms. The fraction of sp³-hybridized carbons (Fsp3) is 0.594. The van der Waals surface area contributed by atoms with Gasteiger partial charge in [-0.15, -0.1) is 0 Å². The highest BCUT2D eigenvalue weighted by Crippen LogP contribution is 2.21. The predicted octanol–water partition coefficient (Wildman–Crippen LogP) is -3.64. The quantitative estimate of drug-likeness (QED) is 0.0173. The molecule has 1 heterocycles. The predicted molar refractivity (Wildman–Crippen MR) is 363 cm³/mol. The van der Waals surface area contributed by atoms with Gasteiger partial charge in [0, 0.05) is 62.2 Å². The molecule has 2 rings (SSSR count). The molecule has 0 saturated carbocycles. The van der Waals surface area contributed by atoms with Crippen LogP contribution in [0.3, 0.4) is 0 Å². The zero-order chi connectivity index (χ0) is 78.0. The Kier molecular flexibility index (Phi) is 37.9. The summed E-state index contributed by atoms with van der Waals surface area (Å²) in [6, 6.07) is -12.2. The molecule has 0 saturated heterocycles. The summed E-state index contributed by atoms with van der Waals surface area (Å²) in [5.41, 5.74) is 23.0. The van der Waals surface area contributed by atoms with E-state index in [0.29, 0.717) is 16.5 Å². The number of fused-ring (bicyclic) bond motifs is 1. The molecule has 0 aliphatic rings. The summed E-state index contributed by atoms with van der Waals surface area (Å²) in [6.45, 7) is 9.89. The standard InChI is InChI=1S/C64H98N16O23/c1-30(2)24-35(65)53(92)71-37(13-18-47(66)81)54(93)73-40(16-21-50(86)87)58(97)79-45(27-33-29-70-36-11-8-7-10-34(33)36)61(100)78-44(26-32(5)6)60(99)80-46(28-52(90)91)62(101)75-41(17-22-51(88)89)57(96)77-43(25-31(3)4)59(98)74-38(14-19-48(82)83)55(94)72-39(15-20-49(84)85)56(95)76-42(63(102)103)12-9-23-69-64(67)68/h7-8,10-11,29-32,35,37-46,70H,9,12-28,65H2,1-6H3,(H2,66,81)(H,71,92)(H,72,94)(H,73,93)(H,74,98)(H,75,101)(H,76,95)(H,77,96)(H,78,100)(H,79,97)(H,80,99)(H,82,83)(H,84,85)(H,86,87)(H,88,89)(H,90,91)(H,102,103)(H4,67,68,69)/t35-,37-,38-,39-,40-,41-,42-,43-,44-,45-,46-/m0/s1. The molecule has 11 amide bonds. The first kappa shape index (κ1) is 88.1. The molecular formula is C64H98N16O23. The lowest BCUT2D eigenvalue weighted by molar-refractivity contribution is -0.143. The topological polar surface area (TPSA) is 664 Å². The van der Waals surface area contributed by atoms with Crippen LogP contribution >= 0.6 is 0 Å². The molecule has 0 fully saturated rings. The average molecular weight is 1460 g/mol. The molecule has 39 heteroatoms. The molecule has 572 valence electrons. The Bertz CT molecular complexity index is 3370. The van der Waals surface area contributed by atoms with Gasteiger partial charge in [-0.2, -0.15) is 0 Å². The molecule has 0 radical (unpaired) electrons. The molecular weight excluding hydrogens is 1360 g/mol. The van der Waals surface area contributed by atoms with Crippen molar-refractivity contribution >= 4 is 118 Å². The van der Waals surface area contributed by atoms with Crippen molar-refractivity contribution in [3.05, 3.63) is 36.0 Å². The number of nitrogens with zero attached hydrogens (tertiary/aromatic N) is 1. The van der Waals surface area contributed by atoms with E-state index in [-0.39, 0.29) is 63.4 Å². The van der Waals surface area contributed by atoms with E-state index in [0.717, 1.165) is 0 Å². The Hall–Kier alpha value is -11.0. The van der Waals surface area contributed by atoms with E-state index in [1.54, 1.807) is 65.8 Å². The second kappa shape index (κ2) is 44.3. The second-order valence-electron chi connectivity index (χ2n) is 25.8. The van der Waals surface area contributed by atoms with Crippen molar-refractivity contribution < 1.29 is 112 Å². The van der Waals surface area contributed by atoms with Gasteiger partial charge in [-0.1, -0.05) is 59.7 Å². The monoisotopic (exact) mass is 1460 g/mol. The van der Waals surface area contributed by atoms with Crippen LogP contribution in [0.25, 0.3) is 10.9 Å². The molecule has 103 heavy (non-hydrogen) atoms. The van der Waals surface area contributed by atoms with Gasteiger partial charge in [0.15, 0.2) is 5.96 Å². The number of rotatable bonds is 50. The molecule has 2 aromatic rings. The van der Waals surface area contributed by atoms with Crippen molar-refractivity contribution in [3.8, 4) is 0 Å². The number of primary amides is 1. The summed E-state index contributed by atoms with van der Waals surface area (Å²) in [4.78, 5) is 232. The second-order valence-corrected chi connectivity index (χ2v) is 25.8. The largest absolute Gasteiger partial charge is 0.481 e. The lowest BCUT2D eigenvalue weighted by Gasteiger charge is -2.29. The maximum atomic E-state index is 14.8. The van der Waals surface area contributed by atoms with Gasteiger partial charge in [0.05, 0.1) is 12.5 Å². The minimum Gasteiger partial charge on any atom is -0.481 e. The highest BCUT2D eigenvalue weighted by molar-refractivity contribution is 6.00. The SMILES string of the molecule is CC(C)C[C@H](NC(=O)[C@H](CCC(=O)O)NC(=O)[C@H](CC(=O)O)NC(=O)[C@H](CC(C)C)NC(=O)[C@H](Cc1c[nH]c2ccccc12)NC(=O)[C@H](CCC(=O)O)NC(=O)[C@H](CCC(N)=O)NC(=O)[C@@H](N)CC(C)C)C(=O)N[C@@H](CCC(=O)O)C(=O)N[C@@H](CCC(=O)O)C(=O)N[C@@H](CCCN=C(N)N)C(=O)O. The van der Waals surface area contributed by atoms with Crippen LogP contribution in [0.5, 0.6) is 0 Å². The number of carboxylic acid groups (broad SMARTS) is 6. The van der Waals surface area contributed by atoms with Gasteiger partial charge in [-0.05, 0) is 93.6 Å². The van der Waals surface area contributed by atoms with Crippen molar-refractivity contribution in [3.63, 3.8) is 0 Å². The number of carbonyl (C=O) groups is 17. The number of aromatic nitrogens is 1. The number of nitrogens with one attached hydrogen (secondary N) is 11. The third-order valence-corrected chi connectivity index (χ3v) is 15.5. The molecule has 0 unspecified atom stereocenters. The number of aliphatic imine (C=N–C) groups is 1. The third-order valence-electron chi connectivity index (χ3n) is 15.5. The van der Waals surface area contributed by atoms with Gasteiger partial charge in [-0.25, -0.2) is 4.79 Å². The van der Waals surface area contributed by atoms with Gasteiger partial charge >= 0.3 is 35.8 Å². The molecule has 0 aliphatic carbocycles. The molecule has 11 atom stereocenters. The van der Waals surface area contributed by atoms with Crippen molar-refractivity contribution in [2.45, 2.75) is 217 Å². The Morgan fingerprint density at radius 2 is 0.728 bits per heavy atom. The Labute approximate surface area is 591 Å². The van der Waals surface area contributed by atoms with Gasteiger partial charge in [0.1, 0.15) is 60.4 Å². The lowest BCUT2D eigenvalue weighted by atomic mass is 9.99. The molecule has 25 N–H and O–H groups in total. The van der Waals surface area contributed by atoms with E-state index in [1.165, 1.54) is 6.20 Å². The minimum atomic E-state index is -2.14. The first-order valence-corrected chi connectivity index (χ1v) is 33.2. The van der Waals surface area contributed by atoms with E-state index < -0.39 is 243 Å². The number of H-pyrrole nitrogens is 1. The number of carboxylic acids is 6. The number of nitrogens with two attached hydrogens (primary N) is 4. The number of guanidine groups is 1. The van der Waals surface area contributed by atoms with Crippen molar-refractivity contribution in [1.29, 1.82) is 0 Å². The van der Waals surface area contributed by atoms with Gasteiger partial charge < -0.3 is 112 Å². The molecule has 0 spiro atoms. The third kappa shape index (κ3) is 34.3. The van der Waals surface area contributed by atoms with Crippen LogP contribution in [-0.4, -0.2) is 215 Å². The highest BCUT2D eigenvalue weighted by Gasteiger charge is 2.38. The van der Waals surface area contributed by atoms with E-state index in [4.69, 9.17) is 22.9 Å². The Morgan fingerprint density at radius 3 is 1.10 bits per heavy atom. The van der Waals surface area contributed by atoms with Crippen LogP contribution in [0.1, 0.15) is 150 Å². The number of amides is 11. The lowest BCUT2D eigenvalue weighted by Crippen LogP contribution is -2.61. The van der Waals surface area contributed by atoms with Crippen LogP contribution < -0.4 is 76.1 Å². The molecule has 0 aliphatic heterocycles. The van der Waals surface area contributed by atoms with Crippen LogP contribution in [-0.2, 0) is 87.9 Å². The van der Waals surface area contributed by atoms with Crippen LogP contribution in [0.15, 0.2) is 35.5 Å². The number of hydrogen-bond acceptors (Lipinski definition) is 19. The number of aliphatic carboxylic acids is 6. The van der Waals surface area contributed by atoms with E-state index >= 15 is 0 Å². The van der Waals surface area contributed by atoms with Gasteiger partial charge in [0.25, 0.3) is 0 Å². The van der Waals surface area contributed by atoms with E-state index in [2.05, 4.69) is 63.1 Å². The summed E-state index contributed by atoms with van der Waals surface area (Å²) in [6.07, 6.45) is -7.43. The van der Waals surface area contributed by atoms with E-state index in [9.17, 15) is 112 Å². The summed E-state index contributed by atoms with van der Waals surface area (Å²) in [5, 5.41) is 82.3. The van der Waals surface area contributed by atoms with Crippen LogP contribution in [0.4, 0.5) is 0 Å². The highest BCUT2D eigenvalue weighted by atomic mass is 16.4. The maximum absolute atomic E-state index is 14.8. The fourth-order valence-corrected chi connectivity index (χ4v) is 10.3. The zero-order valence-electron chi connectivity index (χ0n) is 58.1. The summed E-state index contributed by atoms with van der Waals surface area (Å²) in [7, 11) is 0. The summed E-state index contributed by atoms with van der Waals surface area (Å²) in [5.74, 6) is -23.1. The number of carbonyl (C=O) groups excluding carboxylic acids is 11. The van der Waals surface area contributed by atoms with Gasteiger partial charge in [-0.3, -0.25) is 81.7 Å². The first-order chi connectivity index (χ1) is 48.2. The fourth-order valence-electron chi connectivity index (χ4n) is 10.3. The average Bonchev–Trinajstić information content (AvgIpc) is 1.71. The number of aromatic amines is 1. The maximum Gasteiger partial charge on any atom is 0.326 e. The van der Waals surface area contributed by atoms with Crippen LogP contribution in [0, 0.1) is 17.8 Å². The smallest absolute Gasteiger partial charge is 0.326 e. The molecule has 39 nitrogen and oxygen atoms in total. The minimum absolute atomic E-state index is 0.0312. The Morgan fingerprint density at radius 1 is 0.398 bits per heavy atom. The molecule has 1 aromatic heterocycles. The summed E-state index contributed by atoms with van der Waals surface area (Å²) >= 11 is 0. The number of hydrogen-bond donors (Lipinski definition) is 21. The Balaban J connectivity index is 2.62. The zero-order valence-corrected chi connectivity index (χ0v) is 58.1. The van der Waals surface area contributed by atoms with Crippen LogP contribution in [0.2, 0.25) is 0 Å².